The summed E-state index contributed by atoms with van der Waals surface area (Å²) in [7, 11) is 0. The number of likely N-dealkylation sites (tertiary alicyclic amines) is 1. The van der Waals surface area contributed by atoms with Gasteiger partial charge in [0.25, 0.3) is 0 Å². The van der Waals surface area contributed by atoms with Gasteiger partial charge in [-0.2, -0.15) is 5.10 Å². The van der Waals surface area contributed by atoms with E-state index in [-0.39, 0.29) is 23.4 Å². The van der Waals surface area contributed by atoms with Gasteiger partial charge in [-0.15, -0.1) is 0 Å². The largest absolute Gasteiger partial charge is 0.444 e. The van der Waals surface area contributed by atoms with Crippen LogP contribution in [0.5, 0.6) is 0 Å². The smallest absolute Gasteiger partial charge is 0.410 e. The Hall–Kier alpha value is -2.64. The van der Waals surface area contributed by atoms with Crippen LogP contribution in [0.2, 0.25) is 5.02 Å². The summed E-state index contributed by atoms with van der Waals surface area (Å²) in [6.07, 6.45) is 2.54. The Labute approximate surface area is 204 Å². The first kappa shape index (κ1) is 24.5. The highest BCUT2D eigenvalue weighted by atomic mass is 35.5. The molecular formula is C26H31ClFN3O3. The van der Waals surface area contributed by atoms with Crippen LogP contribution in [-0.2, 0) is 14.9 Å². The quantitative estimate of drug-likeness (QED) is 0.452. The number of ether oxygens (including phenoxy) is 2. The van der Waals surface area contributed by atoms with E-state index in [1.165, 1.54) is 12.1 Å². The van der Waals surface area contributed by atoms with Gasteiger partial charge < -0.3 is 14.4 Å². The average molecular weight is 488 g/mol. The molecule has 6 nitrogen and oxygen atoms in total. The number of halogens is 2. The van der Waals surface area contributed by atoms with Gasteiger partial charge in [0.1, 0.15) is 11.4 Å². The molecule has 1 saturated heterocycles. The summed E-state index contributed by atoms with van der Waals surface area (Å²) < 4.78 is 25.7. The fourth-order valence-electron chi connectivity index (χ4n) is 4.51. The predicted octanol–water partition coefficient (Wildman–Crippen LogP) is 6.40. The standard InChI is InChI=1S/C26H31ClFN3O3/c1-17(22-14-20(27)13-18-15-29-30-23(18)22)33-16-26(19-5-7-21(28)8-6-19)9-11-31(12-10-26)24(32)34-25(2,3)4/h5-8,13-15,17H,9-12,16H2,1-4H3,(H,29,30)/t17-/m1/s1. The molecule has 0 unspecified atom stereocenters. The number of amides is 1. The number of rotatable bonds is 5. The number of hydrogen-bond donors (Lipinski definition) is 1. The molecule has 1 amide bonds. The van der Waals surface area contributed by atoms with Crippen molar-refractivity contribution in [3.8, 4) is 0 Å². The highest BCUT2D eigenvalue weighted by molar-refractivity contribution is 6.31. The van der Waals surface area contributed by atoms with Crippen LogP contribution in [0.1, 0.15) is 57.8 Å². The second-order valence-electron chi connectivity index (χ2n) is 10.0. The Balaban J connectivity index is 1.54. The van der Waals surface area contributed by atoms with E-state index < -0.39 is 5.60 Å². The molecule has 1 aromatic heterocycles. The van der Waals surface area contributed by atoms with Gasteiger partial charge >= 0.3 is 6.09 Å². The monoisotopic (exact) mass is 487 g/mol. The average Bonchev–Trinajstić information content (AvgIpc) is 3.25. The minimum atomic E-state index is -0.546. The molecule has 1 aliphatic heterocycles. The number of nitrogens with one attached hydrogen (secondary N) is 1. The first-order chi connectivity index (χ1) is 16.1. The number of fused-ring (bicyclic) bond motifs is 1. The zero-order chi connectivity index (χ0) is 24.5. The summed E-state index contributed by atoms with van der Waals surface area (Å²) in [6.45, 7) is 9.06. The van der Waals surface area contributed by atoms with Crippen LogP contribution in [0.15, 0.2) is 42.6 Å². The Kier molecular flexibility index (Phi) is 6.87. The lowest BCUT2D eigenvalue weighted by atomic mass is 9.73. The van der Waals surface area contributed by atoms with Gasteiger partial charge in [-0.25, -0.2) is 9.18 Å². The highest BCUT2D eigenvalue weighted by Crippen LogP contribution is 2.38. The number of aromatic nitrogens is 2. The third-order valence-corrected chi connectivity index (χ3v) is 6.64. The maximum Gasteiger partial charge on any atom is 0.410 e. The zero-order valence-corrected chi connectivity index (χ0v) is 20.8. The molecule has 0 saturated carbocycles. The topological polar surface area (TPSA) is 67.4 Å². The Morgan fingerprint density at radius 2 is 1.91 bits per heavy atom. The molecule has 0 spiro atoms. The van der Waals surface area contributed by atoms with E-state index in [0.29, 0.717) is 37.6 Å². The van der Waals surface area contributed by atoms with E-state index >= 15 is 0 Å². The molecule has 0 aliphatic carbocycles. The number of carbonyl (C=O) groups excluding carboxylic acids is 1. The molecule has 1 N–H and O–H groups in total. The molecule has 34 heavy (non-hydrogen) atoms. The van der Waals surface area contributed by atoms with Gasteiger partial charge in [-0.05, 0) is 70.4 Å². The number of benzene rings is 2. The molecule has 2 aromatic carbocycles. The van der Waals surface area contributed by atoms with Gasteiger partial charge in [-0.1, -0.05) is 23.7 Å². The molecule has 3 aromatic rings. The molecule has 1 fully saturated rings. The van der Waals surface area contributed by atoms with E-state index in [1.807, 2.05) is 52.0 Å². The summed E-state index contributed by atoms with van der Waals surface area (Å²) in [5.41, 5.74) is 1.93. The van der Waals surface area contributed by atoms with Crippen molar-refractivity contribution in [1.29, 1.82) is 0 Å². The highest BCUT2D eigenvalue weighted by Gasteiger charge is 2.39. The molecule has 8 heteroatoms. The summed E-state index contributed by atoms with van der Waals surface area (Å²) in [4.78, 5) is 14.3. The molecule has 2 heterocycles. The maximum atomic E-state index is 13.7. The molecule has 0 radical (unpaired) electrons. The second-order valence-corrected chi connectivity index (χ2v) is 10.5. The van der Waals surface area contributed by atoms with E-state index in [0.717, 1.165) is 22.0 Å². The van der Waals surface area contributed by atoms with Crippen molar-refractivity contribution in [3.63, 3.8) is 0 Å². The maximum absolute atomic E-state index is 13.7. The molecular weight excluding hydrogens is 457 g/mol. The molecule has 4 rings (SSSR count). The molecule has 1 aliphatic rings. The Morgan fingerprint density at radius 3 is 2.56 bits per heavy atom. The minimum absolute atomic E-state index is 0.247. The lowest BCUT2D eigenvalue weighted by molar-refractivity contribution is -0.00933. The van der Waals surface area contributed by atoms with Crippen LogP contribution >= 0.6 is 11.6 Å². The third kappa shape index (κ3) is 5.36. The van der Waals surface area contributed by atoms with Gasteiger partial charge in [0.2, 0.25) is 0 Å². The van der Waals surface area contributed by atoms with Crippen molar-refractivity contribution in [3.05, 3.63) is 64.6 Å². The number of nitrogens with zero attached hydrogens (tertiary/aromatic N) is 2. The summed E-state index contributed by atoms with van der Waals surface area (Å²) in [5.74, 6) is -0.278. The van der Waals surface area contributed by atoms with Crippen molar-refractivity contribution in [2.24, 2.45) is 0 Å². The number of piperidine rings is 1. The normalized spacial score (nSPS) is 17.1. The Bertz CT molecular complexity index is 1150. The lowest BCUT2D eigenvalue weighted by Gasteiger charge is -2.42. The summed E-state index contributed by atoms with van der Waals surface area (Å²) >= 11 is 6.32. The van der Waals surface area contributed by atoms with Crippen LogP contribution in [0.4, 0.5) is 9.18 Å². The number of H-pyrrole nitrogens is 1. The van der Waals surface area contributed by atoms with Crippen LogP contribution in [0.3, 0.4) is 0 Å². The zero-order valence-electron chi connectivity index (χ0n) is 20.0. The van der Waals surface area contributed by atoms with E-state index in [4.69, 9.17) is 21.1 Å². The van der Waals surface area contributed by atoms with Gasteiger partial charge in [0.15, 0.2) is 0 Å². The second kappa shape index (κ2) is 9.55. The van der Waals surface area contributed by atoms with E-state index in [2.05, 4.69) is 10.2 Å². The lowest BCUT2D eigenvalue weighted by Crippen LogP contribution is -2.48. The fourth-order valence-corrected chi connectivity index (χ4v) is 4.74. The SMILES string of the molecule is C[C@@H](OCC1(c2ccc(F)cc2)CCN(C(=O)OC(C)(C)C)CC1)c1cc(Cl)cc2cn[nH]c12. The number of carbonyl (C=O) groups is 1. The number of hydrogen-bond acceptors (Lipinski definition) is 4. The van der Waals surface area contributed by atoms with Crippen molar-refractivity contribution >= 4 is 28.6 Å². The fraction of sp³-hybridized carbons (Fsp3) is 0.462. The van der Waals surface area contributed by atoms with Crippen molar-refractivity contribution in [2.45, 2.75) is 57.7 Å². The van der Waals surface area contributed by atoms with Crippen LogP contribution < -0.4 is 0 Å². The first-order valence-electron chi connectivity index (χ1n) is 11.5. The van der Waals surface area contributed by atoms with Crippen LogP contribution in [-0.4, -0.2) is 46.5 Å². The van der Waals surface area contributed by atoms with Crippen molar-refractivity contribution in [1.82, 2.24) is 15.1 Å². The first-order valence-corrected chi connectivity index (χ1v) is 11.9. The van der Waals surface area contributed by atoms with Gasteiger partial charge in [-0.3, -0.25) is 5.10 Å². The molecule has 182 valence electrons. The van der Waals surface area contributed by atoms with E-state index in [1.54, 1.807) is 11.1 Å². The Morgan fingerprint density at radius 1 is 1.24 bits per heavy atom. The van der Waals surface area contributed by atoms with Crippen molar-refractivity contribution in [2.75, 3.05) is 19.7 Å². The number of aromatic amines is 1. The molecule has 1 atom stereocenters. The van der Waals surface area contributed by atoms with Gasteiger partial charge in [0, 0.05) is 34.5 Å². The molecule has 0 bridgehead atoms. The van der Waals surface area contributed by atoms with Crippen LogP contribution in [0.25, 0.3) is 10.9 Å². The summed E-state index contributed by atoms with van der Waals surface area (Å²) in [5, 5.41) is 8.71. The van der Waals surface area contributed by atoms with Crippen LogP contribution in [0, 0.1) is 5.82 Å². The third-order valence-electron chi connectivity index (χ3n) is 6.42. The van der Waals surface area contributed by atoms with Gasteiger partial charge in [0.05, 0.1) is 24.4 Å². The van der Waals surface area contributed by atoms with E-state index in [9.17, 15) is 9.18 Å². The minimum Gasteiger partial charge on any atom is -0.444 e. The predicted molar refractivity (Wildman–Crippen MR) is 131 cm³/mol. The summed E-state index contributed by atoms with van der Waals surface area (Å²) in [6, 6.07) is 10.3. The van der Waals surface area contributed by atoms with Crippen molar-refractivity contribution < 1.29 is 18.7 Å².